The van der Waals surface area contributed by atoms with Crippen LogP contribution in [0.3, 0.4) is 0 Å². The second-order valence-corrected chi connectivity index (χ2v) is 4.03. The van der Waals surface area contributed by atoms with Gasteiger partial charge in [0.05, 0.1) is 19.3 Å². The summed E-state index contributed by atoms with van der Waals surface area (Å²) >= 11 is 1.60. The molecule has 0 bridgehead atoms. The normalized spacial score (nSPS) is 10.1. The van der Waals surface area contributed by atoms with Gasteiger partial charge in [0.1, 0.15) is 16.5 Å². The lowest BCUT2D eigenvalue weighted by atomic mass is 10.2. The monoisotopic (exact) mass is 235 g/mol. The summed E-state index contributed by atoms with van der Waals surface area (Å²) in [7, 11) is 1.65. The number of hydrogen-bond acceptors (Lipinski definition) is 4. The van der Waals surface area contributed by atoms with Crippen molar-refractivity contribution in [3.63, 3.8) is 0 Å². The number of nitrogens with zero attached hydrogens (tertiary/aromatic N) is 1. The summed E-state index contributed by atoms with van der Waals surface area (Å²) in [5.74, 6) is 1.61. The SMILES string of the molecule is CCOc1cc(OC)ccc1-c1nccs1. The molecule has 1 aromatic heterocycles. The maximum Gasteiger partial charge on any atom is 0.133 e. The molecule has 3 nitrogen and oxygen atoms in total. The Hall–Kier alpha value is -1.55. The highest BCUT2D eigenvalue weighted by atomic mass is 32.1. The highest BCUT2D eigenvalue weighted by Gasteiger charge is 2.09. The van der Waals surface area contributed by atoms with Crippen LogP contribution in [0.4, 0.5) is 0 Å². The quantitative estimate of drug-likeness (QED) is 0.815. The lowest BCUT2D eigenvalue weighted by Crippen LogP contribution is -1.95. The Morgan fingerprint density at radius 1 is 1.38 bits per heavy atom. The van der Waals surface area contributed by atoms with Gasteiger partial charge in [-0.1, -0.05) is 0 Å². The molecule has 0 unspecified atom stereocenters. The van der Waals surface area contributed by atoms with Gasteiger partial charge in [-0.3, -0.25) is 0 Å². The van der Waals surface area contributed by atoms with Crippen molar-refractivity contribution < 1.29 is 9.47 Å². The molecule has 84 valence electrons. The molecule has 0 spiro atoms. The van der Waals surface area contributed by atoms with Gasteiger partial charge in [0.25, 0.3) is 0 Å². The second kappa shape index (κ2) is 4.99. The van der Waals surface area contributed by atoms with Gasteiger partial charge >= 0.3 is 0 Å². The van der Waals surface area contributed by atoms with Crippen LogP contribution in [0.15, 0.2) is 29.8 Å². The van der Waals surface area contributed by atoms with E-state index in [0.29, 0.717) is 6.61 Å². The van der Waals surface area contributed by atoms with Gasteiger partial charge in [0, 0.05) is 17.6 Å². The van der Waals surface area contributed by atoms with Crippen LogP contribution in [0.1, 0.15) is 6.92 Å². The van der Waals surface area contributed by atoms with Crippen LogP contribution in [-0.4, -0.2) is 18.7 Å². The number of hydrogen-bond donors (Lipinski definition) is 0. The summed E-state index contributed by atoms with van der Waals surface area (Å²) in [6.45, 7) is 2.59. The molecule has 0 saturated carbocycles. The Morgan fingerprint density at radius 2 is 2.25 bits per heavy atom. The molecular weight excluding hydrogens is 222 g/mol. The third-order valence-electron chi connectivity index (χ3n) is 2.15. The fourth-order valence-corrected chi connectivity index (χ4v) is 2.11. The van der Waals surface area contributed by atoms with Crippen LogP contribution in [0.25, 0.3) is 10.6 Å². The van der Waals surface area contributed by atoms with Crippen LogP contribution in [0.5, 0.6) is 11.5 Å². The predicted octanol–water partition coefficient (Wildman–Crippen LogP) is 3.22. The second-order valence-electron chi connectivity index (χ2n) is 3.13. The van der Waals surface area contributed by atoms with E-state index < -0.39 is 0 Å². The van der Waals surface area contributed by atoms with E-state index in [1.54, 1.807) is 24.6 Å². The summed E-state index contributed by atoms with van der Waals surface area (Å²) in [6, 6.07) is 5.78. The third kappa shape index (κ3) is 2.17. The Bertz CT molecular complexity index is 454. The molecule has 0 aliphatic carbocycles. The minimum Gasteiger partial charge on any atom is -0.497 e. The van der Waals surface area contributed by atoms with Gasteiger partial charge in [-0.15, -0.1) is 11.3 Å². The average Bonchev–Trinajstić information content (AvgIpc) is 2.83. The number of rotatable bonds is 4. The van der Waals surface area contributed by atoms with Gasteiger partial charge in [-0.2, -0.15) is 0 Å². The Kier molecular flexibility index (Phi) is 3.41. The number of benzene rings is 1. The van der Waals surface area contributed by atoms with Crippen molar-refractivity contribution in [1.82, 2.24) is 4.98 Å². The van der Waals surface area contributed by atoms with E-state index in [1.807, 2.05) is 30.5 Å². The molecule has 0 aliphatic rings. The average molecular weight is 235 g/mol. The predicted molar refractivity (Wildman–Crippen MR) is 65.3 cm³/mol. The highest BCUT2D eigenvalue weighted by Crippen LogP contribution is 2.34. The van der Waals surface area contributed by atoms with Gasteiger partial charge < -0.3 is 9.47 Å². The zero-order valence-corrected chi connectivity index (χ0v) is 10.1. The fourth-order valence-electron chi connectivity index (χ4n) is 1.44. The van der Waals surface area contributed by atoms with Crippen molar-refractivity contribution in [3.05, 3.63) is 29.8 Å². The maximum atomic E-state index is 5.59. The maximum absolute atomic E-state index is 5.59. The first kappa shape index (κ1) is 11.0. The van der Waals surface area contributed by atoms with Crippen molar-refractivity contribution in [1.29, 1.82) is 0 Å². The van der Waals surface area contributed by atoms with Gasteiger partial charge in [-0.05, 0) is 19.1 Å². The van der Waals surface area contributed by atoms with Gasteiger partial charge in [0.15, 0.2) is 0 Å². The van der Waals surface area contributed by atoms with Gasteiger partial charge in [-0.25, -0.2) is 4.98 Å². The third-order valence-corrected chi connectivity index (χ3v) is 2.96. The molecule has 2 aromatic rings. The molecule has 0 fully saturated rings. The Morgan fingerprint density at radius 3 is 2.88 bits per heavy atom. The van der Waals surface area contributed by atoms with Crippen LogP contribution in [0, 0.1) is 0 Å². The number of methoxy groups -OCH3 is 1. The fraction of sp³-hybridized carbons (Fsp3) is 0.250. The molecule has 16 heavy (non-hydrogen) atoms. The first-order chi connectivity index (χ1) is 7.85. The Labute approximate surface area is 98.7 Å². The molecule has 0 atom stereocenters. The topological polar surface area (TPSA) is 31.4 Å². The number of ether oxygens (including phenoxy) is 2. The van der Waals surface area contributed by atoms with Crippen LogP contribution < -0.4 is 9.47 Å². The first-order valence-electron chi connectivity index (χ1n) is 5.06. The summed E-state index contributed by atoms with van der Waals surface area (Å²) in [4.78, 5) is 4.28. The van der Waals surface area contributed by atoms with Gasteiger partial charge in [0.2, 0.25) is 0 Å². The standard InChI is InChI=1S/C12H13NO2S/c1-3-15-11-8-9(14-2)4-5-10(11)12-13-6-7-16-12/h4-8H,3H2,1-2H3. The summed E-state index contributed by atoms with van der Waals surface area (Å²) < 4.78 is 10.8. The molecule has 4 heteroatoms. The van der Waals surface area contributed by atoms with E-state index in [-0.39, 0.29) is 0 Å². The molecule has 0 N–H and O–H groups in total. The minimum atomic E-state index is 0.630. The lowest BCUT2D eigenvalue weighted by Gasteiger charge is -2.09. The number of thiazole rings is 1. The van der Waals surface area contributed by atoms with Crippen molar-refractivity contribution in [2.24, 2.45) is 0 Å². The molecule has 0 saturated heterocycles. The molecule has 2 rings (SSSR count). The van der Waals surface area contributed by atoms with Crippen LogP contribution in [0.2, 0.25) is 0 Å². The highest BCUT2D eigenvalue weighted by molar-refractivity contribution is 7.13. The van der Waals surface area contributed by atoms with Crippen molar-refractivity contribution in [2.75, 3.05) is 13.7 Å². The summed E-state index contributed by atoms with van der Waals surface area (Å²) in [5, 5.41) is 2.92. The smallest absolute Gasteiger partial charge is 0.133 e. The van der Waals surface area contributed by atoms with Crippen molar-refractivity contribution in [2.45, 2.75) is 6.92 Å². The zero-order chi connectivity index (χ0) is 11.4. The first-order valence-corrected chi connectivity index (χ1v) is 5.93. The van der Waals surface area contributed by atoms with E-state index in [1.165, 1.54) is 0 Å². The molecule has 0 radical (unpaired) electrons. The molecule has 0 amide bonds. The van der Waals surface area contributed by atoms with E-state index in [2.05, 4.69) is 4.98 Å². The largest absolute Gasteiger partial charge is 0.497 e. The van der Waals surface area contributed by atoms with E-state index >= 15 is 0 Å². The molecule has 1 aromatic carbocycles. The molecule has 1 heterocycles. The van der Waals surface area contributed by atoms with Crippen LogP contribution >= 0.6 is 11.3 Å². The summed E-state index contributed by atoms with van der Waals surface area (Å²) in [5.41, 5.74) is 1.01. The number of aromatic nitrogens is 1. The molecular formula is C12H13NO2S. The molecule has 0 aliphatic heterocycles. The Balaban J connectivity index is 2.44. The van der Waals surface area contributed by atoms with Crippen molar-refractivity contribution in [3.8, 4) is 22.1 Å². The zero-order valence-electron chi connectivity index (χ0n) is 9.27. The lowest BCUT2D eigenvalue weighted by molar-refractivity contribution is 0.337. The summed E-state index contributed by atoms with van der Waals surface area (Å²) in [6.07, 6.45) is 1.79. The van der Waals surface area contributed by atoms with E-state index in [9.17, 15) is 0 Å². The van der Waals surface area contributed by atoms with Crippen LogP contribution in [-0.2, 0) is 0 Å². The van der Waals surface area contributed by atoms with E-state index in [4.69, 9.17) is 9.47 Å². The van der Waals surface area contributed by atoms with Crippen molar-refractivity contribution >= 4 is 11.3 Å². The van der Waals surface area contributed by atoms with E-state index in [0.717, 1.165) is 22.1 Å². The minimum absolute atomic E-state index is 0.630.